The molecule has 9 heteroatoms. The molecule has 0 saturated heterocycles. The molecule has 0 amide bonds. The first-order valence-electron chi connectivity index (χ1n) is 10.8. The van der Waals surface area contributed by atoms with Gasteiger partial charge in [-0.05, 0) is 55.0 Å². The van der Waals surface area contributed by atoms with Crippen LogP contribution in [0, 0.1) is 5.92 Å². The highest BCUT2D eigenvalue weighted by Gasteiger charge is 2.24. The predicted molar refractivity (Wildman–Crippen MR) is 139 cm³/mol. The van der Waals surface area contributed by atoms with Crippen LogP contribution in [0.25, 0.3) is 21.6 Å². The molecular weight excluding hydrogens is 515 g/mol. The summed E-state index contributed by atoms with van der Waals surface area (Å²) in [6.45, 7) is 2.36. The highest BCUT2D eigenvalue weighted by atomic mass is 35.5. The van der Waals surface area contributed by atoms with Crippen molar-refractivity contribution in [3.05, 3.63) is 71.8 Å². The van der Waals surface area contributed by atoms with E-state index in [0.29, 0.717) is 54.8 Å². The van der Waals surface area contributed by atoms with E-state index < -0.39 is 0 Å². The van der Waals surface area contributed by atoms with Crippen LogP contribution in [0.3, 0.4) is 0 Å². The lowest BCUT2D eigenvalue weighted by Crippen LogP contribution is -2.13. The summed E-state index contributed by atoms with van der Waals surface area (Å²) >= 11 is 20.7. The van der Waals surface area contributed by atoms with E-state index in [1.807, 2.05) is 0 Å². The van der Waals surface area contributed by atoms with E-state index in [1.54, 1.807) is 41.7 Å². The average Bonchev–Trinajstić information content (AvgIpc) is 3.17. The number of ether oxygens (including phenoxy) is 2. The Bertz CT molecular complexity index is 1440. The summed E-state index contributed by atoms with van der Waals surface area (Å²) in [7, 11) is 1.53. The number of aryl methyl sites for hydroxylation is 1. The van der Waals surface area contributed by atoms with E-state index in [0.717, 1.165) is 29.7 Å². The van der Waals surface area contributed by atoms with Crippen LogP contribution in [0.2, 0.25) is 15.1 Å². The zero-order chi connectivity index (χ0) is 24.0. The summed E-state index contributed by atoms with van der Waals surface area (Å²) in [6.07, 6.45) is 3.00. The number of benzene rings is 2. The SMILES string of the molecule is COc1cc(-c2nc3sc4c(c3c(=O)[nH]2)CC[C@H](C)C4)cc(Cl)c1OCc1c(Cl)cccc1Cl. The van der Waals surface area contributed by atoms with E-state index in [4.69, 9.17) is 49.3 Å². The second kappa shape index (κ2) is 9.42. The van der Waals surface area contributed by atoms with Crippen LogP contribution in [0.15, 0.2) is 35.1 Å². The normalized spacial score (nSPS) is 15.4. The molecule has 5 rings (SSSR count). The molecule has 176 valence electrons. The molecule has 34 heavy (non-hydrogen) atoms. The summed E-state index contributed by atoms with van der Waals surface area (Å²) in [6, 6.07) is 8.71. The number of thiophene rings is 1. The first-order valence-corrected chi connectivity index (χ1v) is 12.8. The minimum absolute atomic E-state index is 0.119. The van der Waals surface area contributed by atoms with Gasteiger partial charge in [0, 0.05) is 26.0 Å². The van der Waals surface area contributed by atoms with Crippen molar-refractivity contribution in [2.24, 2.45) is 5.92 Å². The molecule has 0 fully saturated rings. The third-order valence-electron chi connectivity index (χ3n) is 6.09. The summed E-state index contributed by atoms with van der Waals surface area (Å²) in [5.74, 6) is 1.82. The third-order valence-corrected chi connectivity index (χ3v) is 8.23. The van der Waals surface area contributed by atoms with Gasteiger partial charge in [-0.15, -0.1) is 11.3 Å². The lowest BCUT2D eigenvalue weighted by atomic mass is 9.89. The van der Waals surface area contributed by atoms with Gasteiger partial charge < -0.3 is 14.5 Å². The van der Waals surface area contributed by atoms with Crippen LogP contribution < -0.4 is 15.0 Å². The van der Waals surface area contributed by atoms with Gasteiger partial charge in [-0.3, -0.25) is 4.79 Å². The van der Waals surface area contributed by atoms with Gasteiger partial charge in [-0.2, -0.15) is 0 Å². The van der Waals surface area contributed by atoms with Crippen molar-refractivity contribution in [1.82, 2.24) is 9.97 Å². The Labute approximate surface area is 215 Å². The number of H-pyrrole nitrogens is 1. The molecule has 0 aliphatic heterocycles. The van der Waals surface area contributed by atoms with Crippen LogP contribution in [-0.2, 0) is 19.4 Å². The second-order valence-corrected chi connectivity index (χ2v) is 10.7. The average molecular weight is 536 g/mol. The highest BCUT2D eigenvalue weighted by molar-refractivity contribution is 7.18. The van der Waals surface area contributed by atoms with E-state index in [9.17, 15) is 4.79 Å². The molecule has 1 aliphatic rings. The third kappa shape index (κ3) is 4.29. The van der Waals surface area contributed by atoms with Gasteiger partial charge in [0.2, 0.25) is 0 Å². The predicted octanol–water partition coefficient (Wildman–Crippen LogP) is 7.32. The van der Waals surface area contributed by atoms with Gasteiger partial charge >= 0.3 is 0 Å². The molecule has 0 bridgehead atoms. The number of aromatic nitrogens is 2. The van der Waals surface area contributed by atoms with E-state index in [2.05, 4.69) is 11.9 Å². The maximum Gasteiger partial charge on any atom is 0.260 e. The zero-order valence-electron chi connectivity index (χ0n) is 18.5. The minimum atomic E-state index is -0.129. The molecule has 1 aliphatic carbocycles. The molecule has 1 N–H and O–H groups in total. The van der Waals surface area contributed by atoms with E-state index >= 15 is 0 Å². The number of hydrogen-bond donors (Lipinski definition) is 1. The van der Waals surface area contributed by atoms with Crippen LogP contribution in [-0.4, -0.2) is 17.1 Å². The largest absolute Gasteiger partial charge is 0.493 e. The van der Waals surface area contributed by atoms with Crippen LogP contribution in [0.4, 0.5) is 0 Å². The summed E-state index contributed by atoms with van der Waals surface area (Å²) < 4.78 is 11.5. The fourth-order valence-electron chi connectivity index (χ4n) is 4.30. The standard InChI is InChI=1S/C25H21Cl3N2O3S/c1-12-6-7-14-20(8-12)34-25-21(14)24(31)29-23(30-25)13-9-18(28)22(19(10-13)32-2)33-11-15-16(26)4-3-5-17(15)27/h3-5,9-10,12H,6-8,11H2,1-2H3,(H,29,30,31)/t12-/m0/s1. The van der Waals surface area contributed by atoms with Crippen LogP contribution in [0.1, 0.15) is 29.3 Å². The second-order valence-electron chi connectivity index (χ2n) is 8.42. The molecule has 0 radical (unpaired) electrons. The molecule has 2 heterocycles. The van der Waals surface area contributed by atoms with Gasteiger partial charge in [0.05, 0.1) is 17.5 Å². The monoisotopic (exact) mass is 534 g/mol. The smallest absolute Gasteiger partial charge is 0.260 e. The number of halogens is 3. The number of methoxy groups -OCH3 is 1. The van der Waals surface area contributed by atoms with Gasteiger partial charge in [-0.25, -0.2) is 4.98 Å². The van der Waals surface area contributed by atoms with Crippen molar-refractivity contribution >= 4 is 56.4 Å². The van der Waals surface area contributed by atoms with Crippen molar-refractivity contribution in [3.63, 3.8) is 0 Å². The fraction of sp³-hybridized carbons (Fsp3) is 0.280. The van der Waals surface area contributed by atoms with Gasteiger partial charge in [-0.1, -0.05) is 47.8 Å². The van der Waals surface area contributed by atoms with Gasteiger partial charge in [0.15, 0.2) is 11.5 Å². The Morgan fingerprint density at radius 3 is 2.68 bits per heavy atom. The highest BCUT2D eigenvalue weighted by Crippen LogP contribution is 2.41. The molecule has 4 aromatic rings. The number of fused-ring (bicyclic) bond motifs is 3. The van der Waals surface area contributed by atoms with Gasteiger partial charge in [0.25, 0.3) is 5.56 Å². The van der Waals surface area contributed by atoms with E-state index in [-0.39, 0.29) is 12.2 Å². The first-order chi connectivity index (χ1) is 16.4. The zero-order valence-corrected chi connectivity index (χ0v) is 21.6. The van der Waals surface area contributed by atoms with Crippen molar-refractivity contribution in [2.45, 2.75) is 32.8 Å². The molecule has 0 spiro atoms. The lowest BCUT2D eigenvalue weighted by Gasteiger charge is -2.17. The van der Waals surface area contributed by atoms with Crippen molar-refractivity contribution < 1.29 is 9.47 Å². The first kappa shape index (κ1) is 23.5. The molecule has 2 aromatic carbocycles. The Balaban J connectivity index is 1.51. The summed E-state index contributed by atoms with van der Waals surface area (Å²) in [4.78, 5) is 22.7. The quantitative estimate of drug-likeness (QED) is 0.291. The van der Waals surface area contributed by atoms with Crippen molar-refractivity contribution in [1.29, 1.82) is 0 Å². The fourth-order valence-corrected chi connectivity index (χ4v) is 6.45. The lowest BCUT2D eigenvalue weighted by molar-refractivity contribution is 0.285. The molecule has 0 unspecified atom stereocenters. The summed E-state index contributed by atoms with van der Waals surface area (Å²) in [5, 5.41) is 2.04. The Morgan fingerprint density at radius 1 is 1.18 bits per heavy atom. The van der Waals surface area contributed by atoms with Crippen LogP contribution in [0.5, 0.6) is 11.5 Å². The number of hydrogen-bond acceptors (Lipinski definition) is 5. The Kier molecular flexibility index (Phi) is 6.51. The molecule has 2 aromatic heterocycles. The van der Waals surface area contributed by atoms with Crippen molar-refractivity contribution in [3.8, 4) is 22.9 Å². The maximum atomic E-state index is 13.0. The van der Waals surface area contributed by atoms with Gasteiger partial charge in [0.1, 0.15) is 17.3 Å². The topological polar surface area (TPSA) is 64.2 Å². The molecular formula is C25H21Cl3N2O3S. The molecule has 0 saturated carbocycles. The molecule has 1 atom stereocenters. The number of nitrogens with zero attached hydrogens (tertiary/aromatic N) is 1. The Morgan fingerprint density at radius 2 is 1.94 bits per heavy atom. The van der Waals surface area contributed by atoms with Crippen LogP contribution >= 0.6 is 46.1 Å². The summed E-state index contributed by atoms with van der Waals surface area (Å²) in [5.41, 5.74) is 2.30. The number of aromatic amines is 1. The number of nitrogens with one attached hydrogen (secondary N) is 1. The molecule has 5 nitrogen and oxygen atoms in total. The van der Waals surface area contributed by atoms with E-state index in [1.165, 1.54) is 12.0 Å². The maximum absolute atomic E-state index is 13.0. The Hall–Kier alpha value is -2.25. The van der Waals surface area contributed by atoms with Crippen molar-refractivity contribution in [2.75, 3.05) is 7.11 Å². The minimum Gasteiger partial charge on any atom is -0.493 e. The number of rotatable bonds is 5.